The Balaban J connectivity index is 3.04. The van der Waals surface area contributed by atoms with Gasteiger partial charge in [0.2, 0.25) is 0 Å². The number of rotatable bonds is 2. The number of alkyl halides is 3. The molecule has 0 saturated heterocycles. The van der Waals surface area contributed by atoms with Crippen LogP contribution in [0.4, 0.5) is 17.6 Å². The summed E-state index contributed by atoms with van der Waals surface area (Å²) in [6.45, 7) is 7.30. The molecule has 1 atom stereocenters. The summed E-state index contributed by atoms with van der Waals surface area (Å²) in [6.07, 6.45) is -4.61. The quantitative estimate of drug-likeness (QED) is 0.820. The van der Waals surface area contributed by atoms with E-state index in [-0.39, 0.29) is 11.5 Å². The molecule has 0 fully saturated rings. The molecule has 1 aromatic carbocycles. The lowest BCUT2D eigenvalue weighted by atomic mass is 9.88. The van der Waals surface area contributed by atoms with Crippen molar-refractivity contribution in [1.82, 2.24) is 5.32 Å². The fourth-order valence-corrected chi connectivity index (χ4v) is 1.37. The summed E-state index contributed by atoms with van der Waals surface area (Å²) in [5.41, 5.74) is -1.93. The van der Waals surface area contributed by atoms with Crippen LogP contribution in [0, 0.1) is 11.2 Å². The third-order valence-electron chi connectivity index (χ3n) is 3.18. The molecule has 0 aliphatic rings. The highest BCUT2D eigenvalue weighted by Crippen LogP contribution is 2.30. The van der Waals surface area contributed by atoms with Crippen LogP contribution in [-0.2, 0) is 6.18 Å². The van der Waals surface area contributed by atoms with E-state index in [4.69, 9.17) is 0 Å². The Hall–Kier alpha value is -1.59. The molecule has 0 radical (unpaired) electrons. The Bertz CT molecular complexity index is 503. The molecule has 0 aliphatic heterocycles. The molecule has 0 bridgehead atoms. The van der Waals surface area contributed by atoms with Gasteiger partial charge in [-0.25, -0.2) is 4.39 Å². The highest BCUT2D eigenvalue weighted by molar-refractivity contribution is 5.94. The molecule has 0 heterocycles. The number of halogens is 4. The van der Waals surface area contributed by atoms with Gasteiger partial charge in [0.1, 0.15) is 5.82 Å². The second-order valence-corrected chi connectivity index (χ2v) is 5.75. The molecule has 1 aromatic rings. The van der Waals surface area contributed by atoms with Gasteiger partial charge in [-0.1, -0.05) is 20.8 Å². The maximum Gasteiger partial charge on any atom is 0.416 e. The van der Waals surface area contributed by atoms with Crippen molar-refractivity contribution in [3.05, 3.63) is 35.1 Å². The molecule has 0 spiro atoms. The lowest BCUT2D eigenvalue weighted by molar-refractivity contribution is -0.137. The van der Waals surface area contributed by atoms with Crippen molar-refractivity contribution in [3.63, 3.8) is 0 Å². The van der Waals surface area contributed by atoms with Crippen LogP contribution in [0.5, 0.6) is 0 Å². The molecule has 2 nitrogen and oxygen atoms in total. The Labute approximate surface area is 115 Å². The Morgan fingerprint density at radius 2 is 1.75 bits per heavy atom. The number of carbonyl (C=O) groups is 1. The van der Waals surface area contributed by atoms with E-state index < -0.39 is 29.0 Å². The molecule has 112 valence electrons. The van der Waals surface area contributed by atoms with Crippen molar-refractivity contribution in [3.8, 4) is 0 Å². The summed E-state index contributed by atoms with van der Waals surface area (Å²) < 4.78 is 51.2. The van der Waals surface area contributed by atoms with Gasteiger partial charge in [-0.05, 0) is 30.5 Å². The smallest absolute Gasteiger partial charge is 0.349 e. The van der Waals surface area contributed by atoms with Crippen LogP contribution in [0.3, 0.4) is 0 Å². The third-order valence-corrected chi connectivity index (χ3v) is 3.18. The number of benzene rings is 1. The van der Waals surface area contributed by atoms with Crippen molar-refractivity contribution in [1.29, 1.82) is 0 Å². The van der Waals surface area contributed by atoms with E-state index in [0.29, 0.717) is 18.2 Å². The lowest BCUT2D eigenvalue weighted by Gasteiger charge is -2.28. The molecule has 1 N–H and O–H groups in total. The van der Waals surface area contributed by atoms with Crippen LogP contribution >= 0.6 is 0 Å². The highest BCUT2D eigenvalue weighted by atomic mass is 19.4. The van der Waals surface area contributed by atoms with Crippen LogP contribution in [0.2, 0.25) is 0 Å². The van der Waals surface area contributed by atoms with Crippen LogP contribution in [0.25, 0.3) is 0 Å². The molecule has 0 saturated carbocycles. The maximum atomic E-state index is 13.5. The predicted molar refractivity (Wildman–Crippen MR) is 67.8 cm³/mol. The molecule has 1 rings (SSSR count). The summed E-state index contributed by atoms with van der Waals surface area (Å²) in [4.78, 5) is 11.9. The van der Waals surface area contributed by atoms with Gasteiger partial charge in [0, 0.05) is 6.04 Å². The fourth-order valence-electron chi connectivity index (χ4n) is 1.37. The van der Waals surface area contributed by atoms with E-state index in [1.165, 1.54) is 0 Å². The van der Waals surface area contributed by atoms with Gasteiger partial charge in [0.05, 0.1) is 11.1 Å². The van der Waals surface area contributed by atoms with E-state index in [1.807, 2.05) is 20.8 Å². The average molecular weight is 291 g/mol. The van der Waals surface area contributed by atoms with E-state index in [0.717, 1.165) is 0 Å². The van der Waals surface area contributed by atoms with Gasteiger partial charge < -0.3 is 5.32 Å². The average Bonchev–Trinajstić information content (AvgIpc) is 2.26. The van der Waals surface area contributed by atoms with E-state index in [1.54, 1.807) is 6.92 Å². The first-order valence-electron chi connectivity index (χ1n) is 6.10. The molecule has 6 heteroatoms. The number of nitrogens with one attached hydrogen (secondary N) is 1. The first kappa shape index (κ1) is 16.5. The van der Waals surface area contributed by atoms with Crippen molar-refractivity contribution < 1.29 is 22.4 Å². The summed E-state index contributed by atoms with van der Waals surface area (Å²) in [7, 11) is 0. The molecule has 0 aliphatic carbocycles. The normalized spacial score (nSPS) is 14.0. The van der Waals surface area contributed by atoms with Crippen LogP contribution < -0.4 is 5.32 Å². The molecule has 20 heavy (non-hydrogen) atoms. The number of hydrogen-bond acceptors (Lipinski definition) is 1. The number of amides is 1. The van der Waals surface area contributed by atoms with E-state index in [9.17, 15) is 22.4 Å². The molecular formula is C14H17F4NO. The predicted octanol–water partition coefficient (Wildman–Crippen LogP) is 4.01. The maximum absolute atomic E-state index is 13.5. The molecule has 1 unspecified atom stereocenters. The van der Waals surface area contributed by atoms with E-state index >= 15 is 0 Å². The lowest BCUT2D eigenvalue weighted by Crippen LogP contribution is -2.41. The minimum Gasteiger partial charge on any atom is -0.349 e. The summed E-state index contributed by atoms with van der Waals surface area (Å²) in [6, 6.07) is 1.47. The van der Waals surface area contributed by atoms with Gasteiger partial charge in [-0.3, -0.25) is 4.79 Å². The first-order valence-corrected chi connectivity index (χ1v) is 6.10. The molecular weight excluding hydrogens is 274 g/mol. The first-order chi connectivity index (χ1) is 8.93. The minimum absolute atomic E-state index is 0.284. The number of carbonyl (C=O) groups excluding carboxylic acids is 1. The fraction of sp³-hybridized carbons (Fsp3) is 0.500. The standard InChI is InChI=1S/C14H17F4NO/c1-8(13(2,3)4)19-12(20)10-7-9(14(16,17)18)5-6-11(10)15/h5-8H,1-4H3,(H,19,20). The van der Waals surface area contributed by atoms with Crippen molar-refractivity contribution >= 4 is 5.91 Å². The molecule has 0 aromatic heterocycles. The van der Waals surface area contributed by atoms with E-state index in [2.05, 4.69) is 5.32 Å². The summed E-state index contributed by atoms with van der Waals surface area (Å²) >= 11 is 0. The van der Waals surface area contributed by atoms with Crippen molar-refractivity contribution in [2.24, 2.45) is 5.41 Å². The number of hydrogen-bond donors (Lipinski definition) is 1. The summed E-state index contributed by atoms with van der Waals surface area (Å²) in [5, 5.41) is 2.51. The van der Waals surface area contributed by atoms with Gasteiger partial charge in [-0.2, -0.15) is 13.2 Å². The van der Waals surface area contributed by atoms with Crippen molar-refractivity contribution in [2.45, 2.75) is 39.9 Å². The third kappa shape index (κ3) is 3.95. The zero-order valence-corrected chi connectivity index (χ0v) is 11.7. The van der Waals surface area contributed by atoms with Crippen molar-refractivity contribution in [2.75, 3.05) is 0 Å². The largest absolute Gasteiger partial charge is 0.416 e. The topological polar surface area (TPSA) is 29.1 Å². The highest BCUT2D eigenvalue weighted by Gasteiger charge is 2.32. The van der Waals surface area contributed by atoms with Crippen LogP contribution in [0.15, 0.2) is 18.2 Å². The van der Waals surface area contributed by atoms with Gasteiger partial charge in [-0.15, -0.1) is 0 Å². The Kier molecular flexibility index (Phi) is 4.46. The summed E-state index contributed by atoms with van der Waals surface area (Å²) in [5.74, 6) is -1.83. The molecule has 1 amide bonds. The van der Waals surface area contributed by atoms with Crippen LogP contribution in [0.1, 0.15) is 43.6 Å². The second kappa shape index (κ2) is 5.42. The second-order valence-electron chi connectivity index (χ2n) is 5.75. The Morgan fingerprint density at radius 1 is 1.20 bits per heavy atom. The monoisotopic (exact) mass is 291 g/mol. The van der Waals surface area contributed by atoms with Gasteiger partial charge in [0.15, 0.2) is 0 Å². The van der Waals surface area contributed by atoms with Gasteiger partial charge >= 0.3 is 6.18 Å². The Morgan fingerprint density at radius 3 is 2.20 bits per heavy atom. The van der Waals surface area contributed by atoms with Crippen LogP contribution in [-0.4, -0.2) is 11.9 Å². The zero-order chi connectivity index (χ0) is 15.7. The SMILES string of the molecule is CC(NC(=O)c1cc(C(F)(F)F)ccc1F)C(C)(C)C. The van der Waals surface area contributed by atoms with Gasteiger partial charge in [0.25, 0.3) is 5.91 Å². The minimum atomic E-state index is -4.61. The zero-order valence-electron chi connectivity index (χ0n) is 11.7.